The molecule has 1 aliphatic heterocycles. The zero-order chi connectivity index (χ0) is 14.8. The first-order chi connectivity index (χ1) is 9.63. The second-order valence-corrected chi connectivity index (χ2v) is 4.30. The molecule has 2 amide bonds. The van der Waals surface area contributed by atoms with Crippen LogP contribution in [0.4, 0.5) is 4.79 Å². The maximum Gasteiger partial charge on any atom is 0.415 e. The summed E-state index contributed by atoms with van der Waals surface area (Å²) in [5.74, 6) is -0.722. The zero-order valence-corrected chi connectivity index (χ0v) is 11.5. The van der Waals surface area contributed by atoms with Crippen molar-refractivity contribution >= 4 is 18.0 Å². The van der Waals surface area contributed by atoms with Gasteiger partial charge >= 0.3 is 12.1 Å². The van der Waals surface area contributed by atoms with E-state index in [4.69, 9.17) is 9.47 Å². The Labute approximate surface area is 117 Å². The molecule has 114 valence electrons. The Morgan fingerprint density at radius 1 is 1.35 bits per heavy atom. The number of ether oxygens (including phenoxy) is 3. The van der Waals surface area contributed by atoms with Crippen molar-refractivity contribution in [1.82, 2.24) is 10.6 Å². The second-order valence-electron chi connectivity index (χ2n) is 4.30. The summed E-state index contributed by atoms with van der Waals surface area (Å²) in [6.07, 6.45) is 1.22. The molecule has 1 rings (SSSR count). The van der Waals surface area contributed by atoms with Crippen LogP contribution in [-0.4, -0.2) is 57.5 Å². The summed E-state index contributed by atoms with van der Waals surface area (Å²) in [7, 11) is 1.56. The lowest BCUT2D eigenvalue weighted by atomic mass is 10.1. The van der Waals surface area contributed by atoms with E-state index in [0.29, 0.717) is 39.0 Å². The van der Waals surface area contributed by atoms with E-state index >= 15 is 0 Å². The average molecular weight is 288 g/mol. The predicted molar refractivity (Wildman–Crippen MR) is 68.0 cm³/mol. The van der Waals surface area contributed by atoms with Gasteiger partial charge in [0.15, 0.2) is 0 Å². The van der Waals surface area contributed by atoms with E-state index < -0.39 is 18.1 Å². The van der Waals surface area contributed by atoms with Crippen LogP contribution in [0.15, 0.2) is 0 Å². The number of rotatable bonds is 10. The molecule has 0 bridgehead atoms. The van der Waals surface area contributed by atoms with E-state index in [0.717, 1.165) is 0 Å². The summed E-state index contributed by atoms with van der Waals surface area (Å²) in [4.78, 5) is 33.2. The molecule has 0 aliphatic carbocycles. The molecule has 0 aromatic heterocycles. The van der Waals surface area contributed by atoms with E-state index in [1.54, 1.807) is 7.11 Å². The summed E-state index contributed by atoms with van der Waals surface area (Å²) < 4.78 is 14.2. The number of methoxy groups -OCH3 is 1. The summed E-state index contributed by atoms with van der Waals surface area (Å²) in [6, 6.07) is -0.560. The van der Waals surface area contributed by atoms with Crippen molar-refractivity contribution in [3.05, 3.63) is 0 Å². The van der Waals surface area contributed by atoms with Crippen LogP contribution >= 0.6 is 0 Å². The minimum atomic E-state index is -0.693. The molecule has 1 unspecified atom stereocenters. The largest absolute Gasteiger partial charge is 0.415 e. The Morgan fingerprint density at radius 2 is 2.15 bits per heavy atom. The molecule has 0 radical (unpaired) electrons. The van der Waals surface area contributed by atoms with Crippen molar-refractivity contribution < 1.29 is 28.6 Å². The fraction of sp³-hybridized carbons (Fsp3) is 0.750. The van der Waals surface area contributed by atoms with Crippen LogP contribution in [0.3, 0.4) is 0 Å². The van der Waals surface area contributed by atoms with Crippen LogP contribution < -0.4 is 10.6 Å². The minimum absolute atomic E-state index is 0.00830. The number of carbonyl (C=O) groups excluding carboxylic acids is 3. The Morgan fingerprint density at radius 3 is 2.80 bits per heavy atom. The molecule has 0 spiro atoms. The van der Waals surface area contributed by atoms with Gasteiger partial charge in [0.25, 0.3) is 0 Å². The van der Waals surface area contributed by atoms with E-state index in [2.05, 4.69) is 15.4 Å². The summed E-state index contributed by atoms with van der Waals surface area (Å²) in [5, 5.41) is 5.11. The number of nitrogens with one attached hydrogen (secondary N) is 2. The lowest BCUT2D eigenvalue weighted by Gasteiger charge is -2.07. The van der Waals surface area contributed by atoms with Gasteiger partial charge in [-0.05, 0) is 19.3 Å². The fourth-order valence-corrected chi connectivity index (χ4v) is 1.64. The zero-order valence-electron chi connectivity index (χ0n) is 11.5. The number of hydrogen-bond acceptors (Lipinski definition) is 6. The molecule has 1 saturated heterocycles. The first-order valence-corrected chi connectivity index (χ1v) is 6.49. The summed E-state index contributed by atoms with van der Waals surface area (Å²) >= 11 is 0. The van der Waals surface area contributed by atoms with Gasteiger partial charge in [-0.25, -0.2) is 9.59 Å². The van der Waals surface area contributed by atoms with Gasteiger partial charge in [0, 0.05) is 13.7 Å². The van der Waals surface area contributed by atoms with Crippen LogP contribution in [0.5, 0.6) is 0 Å². The van der Waals surface area contributed by atoms with Crippen LogP contribution in [0.25, 0.3) is 0 Å². The fourth-order valence-electron chi connectivity index (χ4n) is 1.64. The number of carbonyl (C=O) groups is 3. The number of esters is 1. The molecule has 0 aromatic rings. The van der Waals surface area contributed by atoms with E-state index in [1.807, 2.05) is 0 Å². The van der Waals surface area contributed by atoms with Gasteiger partial charge in [-0.3, -0.25) is 4.79 Å². The highest BCUT2D eigenvalue weighted by molar-refractivity contribution is 5.95. The molecule has 1 fully saturated rings. The maximum absolute atomic E-state index is 11.3. The minimum Gasteiger partial charge on any atom is -0.382 e. The highest BCUT2D eigenvalue weighted by atomic mass is 16.6. The third-order valence-corrected chi connectivity index (χ3v) is 2.68. The van der Waals surface area contributed by atoms with Crippen LogP contribution in [0.2, 0.25) is 0 Å². The third-order valence-electron chi connectivity index (χ3n) is 2.68. The predicted octanol–water partition coefficient (Wildman–Crippen LogP) is -0.429. The molecule has 8 nitrogen and oxygen atoms in total. The molecular formula is C12H20N2O6. The first kappa shape index (κ1) is 16.4. The monoisotopic (exact) mass is 288 g/mol. The molecular weight excluding hydrogens is 268 g/mol. The standard InChI is InChI=1S/C12H20N2O6/c1-18-6-7-19-8-10(15)13-5-3-2-4-9-11(16)20-12(17)14-9/h9H,2-8H2,1H3,(H,13,15)(H,14,17). The summed E-state index contributed by atoms with van der Waals surface area (Å²) in [5.41, 5.74) is 0. The summed E-state index contributed by atoms with van der Waals surface area (Å²) in [6.45, 7) is 1.35. The van der Waals surface area contributed by atoms with Crippen molar-refractivity contribution in [3.8, 4) is 0 Å². The third kappa shape index (κ3) is 6.48. The first-order valence-electron chi connectivity index (χ1n) is 6.49. The Hall–Kier alpha value is -1.67. The van der Waals surface area contributed by atoms with E-state index in [1.165, 1.54) is 0 Å². The highest BCUT2D eigenvalue weighted by Crippen LogP contribution is 2.08. The maximum atomic E-state index is 11.3. The molecule has 1 heterocycles. The van der Waals surface area contributed by atoms with E-state index in [-0.39, 0.29) is 12.5 Å². The van der Waals surface area contributed by atoms with Gasteiger partial charge in [-0.2, -0.15) is 0 Å². The topological polar surface area (TPSA) is 103 Å². The number of alkyl carbamates (subject to hydrolysis) is 1. The smallest absolute Gasteiger partial charge is 0.382 e. The molecule has 1 aliphatic rings. The van der Waals surface area contributed by atoms with Gasteiger partial charge < -0.3 is 24.8 Å². The SMILES string of the molecule is COCCOCC(=O)NCCCCC1NC(=O)OC1=O. The quantitative estimate of drug-likeness (QED) is 0.321. The Balaban J connectivity index is 1.95. The normalized spacial score (nSPS) is 17.8. The number of amides is 2. The Kier molecular flexibility index (Phi) is 7.59. The molecule has 1 atom stereocenters. The van der Waals surface area contributed by atoms with Gasteiger partial charge in [0.2, 0.25) is 5.91 Å². The van der Waals surface area contributed by atoms with Crippen molar-refractivity contribution in [2.24, 2.45) is 0 Å². The average Bonchev–Trinajstić information content (AvgIpc) is 2.73. The van der Waals surface area contributed by atoms with Crippen LogP contribution in [-0.2, 0) is 23.8 Å². The van der Waals surface area contributed by atoms with Crippen LogP contribution in [0.1, 0.15) is 19.3 Å². The lowest BCUT2D eigenvalue weighted by Crippen LogP contribution is -2.30. The second kappa shape index (κ2) is 9.27. The Bertz CT molecular complexity index is 347. The van der Waals surface area contributed by atoms with E-state index in [9.17, 15) is 14.4 Å². The number of unbranched alkanes of at least 4 members (excludes halogenated alkanes) is 1. The van der Waals surface area contributed by atoms with Crippen molar-refractivity contribution in [2.45, 2.75) is 25.3 Å². The van der Waals surface area contributed by atoms with Crippen molar-refractivity contribution in [1.29, 1.82) is 0 Å². The van der Waals surface area contributed by atoms with Gasteiger partial charge in [0.1, 0.15) is 12.6 Å². The van der Waals surface area contributed by atoms with Crippen LogP contribution in [0, 0.1) is 0 Å². The lowest BCUT2D eigenvalue weighted by molar-refractivity contribution is -0.135. The van der Waals surface area contributed by atoms with Gasteiger partial charge in [-0.15, -0.1) is 0 Å². The molecule has 20 heavy (non-hydrogen) atoms. The van der Waals surface area contributed by atoms with Gasteiger partial charge in [0.05, 0.1) is 13.2 Å². The van der Waals surface area contributed by atoms with Crippen molar-refractivity contribution in [3.63, 3.8) is 0 Å². The molecule has 0 saturated carbocycles. The molecule has 0 aromatic carbocycles. The van der Waals surface area contributed by atoms with Crippen molar-refractivity contribution in [2.75, 3.05) is 33.5 Å². The highest BCUT2D eigenvalue weighted by Gasteiger charge is 2.31. The molecule has 2 N–H and O–H groups in total. The van der Waals surface area contributed by atoms with Gasteiger partial charge in [-0.1, -0.05) is 0 Å². The molecule has 8 heteroatoms. The number of hydrogen-bond donors (Lipinski definition) is 2. The number of cyclic esters (lactones) is 2.